The lowest BCUT2D eigenvalue weighted by atomic mass is 9.94. The van der Waals surface area contributed by atoms with Gasteiger partial charge in [0.25, 0.3) is 5.91 Å². The number of aliphatic hydroxyl groups is 1. The van der Waals surface area contributed by atoms with Crippen LogP contribution in [0.4, 0.5) is 0 Å². The van der Waals surface area contributed by atoms with Crippen molar-refractivity contribution in [3.8, 4) is 0 Å². The third-order valence-corrected chi connectivity index (χ3v) is 8.52. The molecule has 3 aliphatic rings. The Labute approximate surface area is 219 Å². The summed E-state index contributed by atoms with van der Waals surface area (Å²) in [7, 11) is 0. The molecular weight excluding hydrogens is 506 g/mol. The van der Waals surface area contributed by atoms with Crippen LogP contribution < -0.4 is 5.32 Å². The van der Waals surface area contributed by atoms with Gasteiger partial charge >= 0.3 is 0 Å². The zero-order valence-corrected chi connectivity index (χ0v) is 21.7. The predicted octanol–water partition coefficient (Wildman–Crippen LogP) is 2.16. The van der Waals surface area contributed by atoms with E-state index in [1.54, 1.807) is 23.1 Å². The van der Waals surface area contributed by atoms with Gasteiger partial charge in [-0.1, -0.05) is 43.4 Å². The summed E-state index contributed by atoms with van der Waals surface area (Å²) in [6.45, 7) is 1.54. The molecule has 2 aliphatic heterocycles. The zero-order chi connectivity index (χ0) is 25.7. The fourth-order valence-corrected chi connectivity index (χ4v) is 6.08. The number of nitrogens with zero attached hydrogens (tertiary/aromatic N) is 2. The Balaban J connectivity index is 1.44. The van der Waals surface area contributed by atoms with Gasteiger partial charge in [0.05, 0.1) is 35.2 Å². The standard InChI is InChI=1S/C25H32ClN3O6S/c26-19-6-5-17(13-18(19)23(32)27-16-25(34)7-3-1-2-4-8-25)22-24(33)29(21(31)15-36-22)14-20(30)28-9-11-35-12-10-28/h5-6,13,22,34H,1-4,7-12,14-16H2,(H,27,32). The Bertz CT molecular complexity index is 1010. The number of morpholine rings is 1. The van der Waals surface area contributed by atoms with Crippen molar-refractivity contribution in [1.82, 2.24) is 15.1 Å². The SMILES string of the molecule is O=C(NCC1(O)CCCCCC1)c1cc(C2SCC(=O)N(CC(=O)N3CCOCC3)C2=O)ccc1Cl. The molecule has 0 bridgehead atoms. The molecule has 36 heavy (non-hydrogen) atoms. The second kappa shape index (κ2) is 11.9. The van der Waals surface area contributed by atoms with Crippen molar-refractivity contribution in [2.45, 2.75) is 49.4 Å². The number of carbonyl (C=O) groups is 4. The number of ether oxygens (including phenoxy) is 1. The summed E-state index contributed by atoms with van der Waals surface area (Å²) in [4.78, 5) is 54.0. The van der Waals surface area contributed by atoms with E-state index in [0.29, 0.717) is 44.7 Å². The van der Waals surface area contributed by atoms with Crippen LogP contribution in [0.1, 0.15) is 59.7 Å². The molecule has 2 saturated heterocycles. The molecule has 11 heteroatoms. The molecular formula is C25H32ClN3O6S. The molecule has 1 aromatic carbocycles. The molecule has 9 nitrogen and oxygen atoms in total. The normalized spacial score (nSPS) is 22.8. The van der Waals surface area contributed by atoms with Crippen LogP contribution in [0, 0.1) is 0 Å². The van der Waals surface area contributed by atoms with Crippen molar-refractivity contribution < 1.29 is 29.0 Å². The summed E-state index contributed by atoms with van der Waals surface area (Å²) in [5.41, 5.74) is -0.198. The van der Waals surface area contributed by atoms with Gasteiger partial charge < -0.3 is 20.1 Å². The van der Waals surface area contributed by atoms with Gasteiger partial charge in [-0.05, 0) is 30.5 Å². The highest BCUT2D eigenvalue weighted by Gasteiger charge is 2.38. The zero-order valence-electron chi connectivity index (χ0n) is 20.2. The first-order chi connectivity index (χ1) is 17.3. The average molecular weight is 538 g/mol. The van der Waals surface area contributed by atoms with Crippen molar-refractivity contribution in [2.75, 3.05) is 45.1 Å². The first-order valence-electron chi connectivity index (χ1n) is 12.4. The summed E-state index contributed by atoms with van der Waals surface area (Å²) >= 11 is 7.48. The quantitative estimate of drug-likeness (QED) is 0.422. The van der Waals surface area contributed by atoms with E-state index in [9.17, 15) is 24.3 Å². The summed E-state index contributed by atoms with van der Waals surface area (Å²) in [5, 5.41) is 13.2. The highest BCUT2D eigenvalue weighted by atomic mass is 35.5. The molecule has 1 atom stereocenters. The van der Waals surface area contributed by atoms with E-state index in [2.05, 4.69) is 5.32 Å². The number of nitrogens with one attached hydrogen (secondary N) is 1. The van der Waals surface area contributed by atoms with Crippen molar-refractivity contribution in [1.29, 1.82) is 0 Å². The minimum absolute atomic E-state index is 0.0456. The first kappa shape index (κ1) is 26.9. The maximum atomic E-state index is 13.2. The predicted molar refractivity (Wildman–Crippen MR) is 136 cm³/mol. The number of hydrogen-bond donors (Lipinski definition) is 2. The molecule has 1 unspecified atom stereocenters. The monoisotopic (exact) mass is 537 g/mol. The van der Waals surface area contributed by atoms with Gasteiger partial charge in [-0.15, -0.1) is 11.8 Å². The van der Waals surface area contributed by atoms with E-state index in [4.69, 9.17) is 16.3 Å². The van der Waals surface area contributed by atoms with Gasteiger partial charge in [0.1, 0.15) is 11.8 Å². The number of amides is 4. The van der Waals surface area contributed by atoms with Crippen molar-refractivity contribution in [3.63, 3.8) is 0 Å². The fraction of sp³-hybridized carbons (Fsp3) is 0.600. The van der Waals surface area contributed by atoms with Crippen LogP contribution in [0.15, 0.2) is 18.2 Å². The van der Waals surface area contributed by atoms with Crippen LogP contribution in [0.3, 0.4) is 0 Å². The summed E-state index contributed by atoms with van der Waals surface area (Å²) in [5.74, 6) is -1.57. The number of hydrogen-bond acceptors (Lipinski definition) is 7. The van der Waals surface area contributed by atoms with Gasteiger partial charge in [0, 0.05) is 19.6 Å². The Hall–Kier alpha value is -2.14. The van der Waals surface area contributed by atoms with Gasteiger partial charge in [0.15, 0.2) is 0 Å². The Morgan fingerprint density at radius 2 is 1.83 bits per heavy atom. The van der Waals surface area contributed by atoms with Gasteiger partial charge in [-0.2, -0.15) is 0 Å². The Kier molecular flexibility index (Phi) is 8.92. The number of thioether (sulfide) groups is 1. The van der Waals surface area contributed by atoms with Gasteiger partial charge in [0.2, 0.25) is 17.7 Å². The van der Waals surface area contributed by atoms with E-state index >= 15 is 0 Å². The van der Waals surface area contributed by atoms with Crippen LogP contribution in [-0.2, 0) is 19.1 Å². The molecule has 0 spiro atoms. The molecule has 0 radical (unpaired) electrons. The summed E-state index contributed by atoms with van der Waals surface area (Å²) in [6.07, 6.45) is 5.28. The first-order valence-corrected chi connectivity index (χ1v) is 13.8. The topological polar surface area (TPSA) is 116 Å². The minimum atomic E-state index is -0.931. The van der Waals surface area contributed by atoms with Crippen molar-refractivity contribution >= 4 is 47.0 Å². The highest BCUT2D eigenvalue weighted by Crippen LogP contribution is 2.36. The van der Waals surface area contributed by atoms with E-state index in [0.717, 1.165) is 42.3 Å². The van der Waals surface area contributed by atoms with Crippen LogP contribution in [-0.4, -0.2) is 89.3 Å². The molecule has 2 N–H and O–H groups in total. The summed E-state index contributed by atoms with van der Waals surface area (Å²) < 4.78 is 5.26. The number of imide groups is 1. The number of benzene rings is 1. The lowest BCUT2D eigenvalue weighted by molar-refractivity contribution is -0.150. The van der Waals surface area contributed by atoms with E-state index in [-0.39, 0.29) is 35.3 Å². The molecule has 196 valence electrons. The largest absolute Gasteiger partial charge is 0.388 e. The lowest BCUT2D eigenvalue weighted by Gasteiger charge is -2.33. The van der Waals surface area contributed by atoms with E-state index in [1.165, 1.54) is 0 Å². The van der Waals surface area contributed by atoms with E-state index in [1.807, 2.05) is 0 Å². The molecule has 1 saturated carbocycles. The Morgan fingerprint density at radius 1 is 1.14 bits per heavy atom. The maximum absolute atomic E-state index is 13.2. The van der Waals surface area contributed by atoms with E-state index < -0.39 is 28.6 Å². The second-order valence-electron chi connectivity index (χ2n) is 9.56. The third-order valence-electron chi connectivity index (χ3n) is 6.97. The lowest BCUT2D eigenvalue weighted by Crippen LogP contribution is -2.51. The number of carbonyl (C=O) groups excluding carboxylic acids is 4. The van der Waals surface area contributed by atoms with Crippen molar-refractivity contribution in [3.05, 3.63) is 34.3 Å². The fourth-order valence-electron chi connectivity index (χ4n) is 4.80. The maximum Gasteiger partial charge on any atom is 0.252 e. The summed E-state index contributed by atoms with van der Waals surface area (Å²) in [6, 6.07) is 4.77. The highest BCUT2D eigenvalue weighted by molar-refractivity contribution is 8.01. The molecule has 1 aliphatic carbocycles. The molecule has 2 heterocycles. The molecule has 0 aromatic heterocycles. The molecule has 1 aromatic rings. The minimum Gasteiger partial charge on any atom is -0.388 e. The van der Waals surface area contributed by atoms with Crippen LogP contribution in [0.2, 0.25) is 5.02 Å². The average Bonchev–Trinajstić information content (AvgIpc) is 3.11. The van der Waals surface area contributed by atoms with Crippen LogP contribution >= 0.6 is 23.4 Å². The third kappa shape index (κ3) is 6.40. The number of halogens is 1. The van der Waals surface area contributed by atoms with Gasteiger partial charge in [-0.25, -0.2) is 0 Å². The van der Waals surface area contributed by atoms with Crippen LogP contribution in [0.25, 0.3) is 0 Å². The molecule has 3 fully saturated rings. The second-order valence-corrected chi connectivity index (χ2v) is 11.1. The Morgan fingerprint density at radius 3 is 2.53 bits per heavy atom. The van der Waals surface area contributed by atoms with Crippen LogP contribution in [0.5, 0.6) is 0 Å². The molecule has 4 amide bonds. The van der Waals surface area contributed by atoms with Crippen molar-refractivity contribution in [2.24, 2.45) is 0 Å². The number of rotatable bonds is 6. The van der Waals surface area contributed by atoms with Gasteiger partial charge in [-0.3, -0.25) is 24.1 Å². The molecule has 4 rings (SSSR count). The smallest absolute Gasteiger partial charge is 0.252 e.